The highest BCUT2D eigenvalue weighted by molar-refractivity contribution is 5.70. The van der Waals surface area contributed by atoms with Crippen LogP contribution in [0, 0.1) is 6.92 Å². The molecule has 1 nitrogen and oxygen atoms in total. The Hall–Kier alpha value is -3.06. The van der Waals surface area contributed by atoms with Gasteiger partial charge in [-0.15, -0.1) is 0 Å². The highest BCUT2D eigenvalue weighted by Gasteiger charge is 2.09. The zero-order valence-corrected chi connectivity index (χ0v) is 13.7. The summed E-state index contributed by atoms with van der Waals surface area (Å²) in [4.78, 5) is 0. The van der Waals surface area contributed by atoms with E-state index in [1.807, 2.05) is 6.07 Å². The molecule has 0 radical (unpaired) electrons. The van der Waals surface area contributed by atoms with Crippen LogP contribution >= 0.6 is 0 Å². The van der Waals surface area contributed by atoms with E-state index in [2.05, 4.69) is 102 Å². The van der Waals surface area contributed by atoms with Crippen molar-refractivity contribution in [3.63, 3.8) is 0 Å². The van der Waals surface area contributed by atoms with E-state index in [1.54, 1.807) is 0 Å². The maximum absolute atomic E-state index is 2.30. The van der Waals surface area contributed by atoms with Crippen LogP contribution in [-0.4, -0.2) is 4.57 Å². The number of para-hydroxylation sites is 1. The lowest BCUT2D eigenvalue weighted by atomic mass is 10.0. The van der Waals surface area contributed by atoms with E-state index in [4.69, 9.17) is 0 Å². The fraction of sp³-hybridized carbons (Fsp3) is 0.0435. The first-order chi connectivity index (χ1) is 11.8. The largest absolute Gasteiger partial charge is 0.314 e. The average molecular weight is 309 g/mol. The Morgan fingerprint density at radius 3 is 1.71 bits per heavy atom. The Bertz CT molecular complexity index is 933. The van der Waals surface area contributed by atoms with E-state index in [9.17, 15) is 0 Å². The summed E-state index contributed by atoms with van der Waals surface area (Å²) in [5.74, 6) is 0. The highest BCUT2D eigenvalue weighted by atomic mass is 15.0. The Kier molecular flexibility index (Phi) is 3.76. The summed E-state index contributed by atoms with van der Waals surface area (Å²) in [5.41, 5.74) is 7.38. The normalized spacial score (nSPS) is 10.7. The molecule has 0 saturated heterocycles. The van der Waals surface area contributed by atoms with Crippen LogP contribution in [0.1, 0.15) is 5.69 Å². The Balaban J connectivity index is 1.76. The minimum atomic E-state index is 1.20. The quantitative estimate of drug-likeness (QED) is 0.429. The van der Waals surface area contributed by atoms with Crippen molar-refractivity contribution in [2.24, 2.45) is 0 Å². The average Bonchev–Trinajstić information content (AvgIpc) is 3.05. The highest BCUT2D eigenvalue weighted by Crippen LogP contribution is 2.28. The molecule has 1 heteroatoms. The van der Waals surface area contributed by atoms with Crippen molar-refractivity contribution in [2.75, 3.05) is 0 Å². The fourth-order valence-electron chi connectivity index (χ4n) is 3.15. The van der Waals surface area contributed by atoms with Crippen molar-refractivity contribution in [1.82, 2.24) is 4.57 Å². The molecule has 0 N–H and O–H groups in total. The second-order valence-electron chi connectivity index (χ2n) is 5.97. The van der Waals surface area contributed by atoms with Crippen LogP contribution in [0.5, 0.6) is 0 Å². The second kappa shape index (κ2) is 6.21. The molecule has 0 atom stereocenters. The molecule has 116 valence electrons. The van der Waals surface area contributed by atoms with Crippen LogP contribution in [0.15, 0.2) is 97.1 Å². The third-order valence-corrected chi connectivity index (χ3v) is 4.38. The minimum absolute atomic E-state index is 1.20. The number of nitrogens with zero attached hydrogens (tertiary/aromatic N) is 1. The van der Waals surface area contributed by atoms with E-state index in [1.165, 1.54) is 33.8 Å². The molecule has 4 aromatic rings. The van der Waals surface area contributed by atoms with Crippen molar-refractivity contribution in [3.8, 4) is 28.1 Å². The molecule has 0 fully saturated rings. The van der Waals surface area contributed by atoms with Crippen molar-refractivity contribution < 1.29 is 0 Å². The molecule has 1 aromatic heterocycles. The van der Waals surface area contributed by atoms with Crippen molar-refractivity contribution >= 4 is 0 Å². The molecule has 0 bridgehead atoms. The van der Waals surface area contributed by atoms with Crippen LogP contribution < -0.4 is 0 Å². The molecule has 0 aliphatic rings. The monoisotopic (exact) mass is 309 g/mol. The SMILES string of the molecule is Cc1ccc(-c2ccc(-c3ccccc3)cc2)n1-c1ccccc1. The summed E-state index contributed by atoms with van der Waals surface area (Å²) in [6.07, 6.45) is 0. The first kappa shape index (κ1) is 14.5. The Morgan fingerprint density at radius 1 is 0.500 bits per heavy atom. The van der Waals surface area contributed by atoms with Gasteiger partial charge in [0, 0.05) is 11.4 Å². The zero-order chi connectivity index (χ0) is 16.4. The van der Waals surface area contributed by atoms with Crippen LogP contribution in [-0.2, 0) is 0 Å². The molecule has 0 saturated carbocycles. The van der Waals surface area contributed by atoms with Gasteiger partial charge in [0.15, 0.2) is 0 Å². The van der Waals surface area contributed by atoms with E-state index in [0.717, 1.165) is 0 Å². The summed E-state index contributed by atoms with van der Waals surface area (Å²) >= 11 is 0. The number of aryl methyl sites for hydroxylation is 1. The smallest absolute Gasteiger partial charge is 0.0531 e. The van der Waals surface area contributed by atoms with Crippen LogP contribution in [0.2, 0.25) is 0 Å². The lowest BCUT2D eigenvalue weighted by molar-refractivity contribution is 1.02. The Labute approximate surface area is 142 Å². The van der Waals surface area contributed by atoms with Crippen molar-refractivity contribution in [1.29, 1.82) is 0 Å². The van der Waals surface area contributed by atoms with Gasteiger partial charge in [-0.05, 0) is 47.9 Å². The van der Waals surface area contributed by atoms with Gasteiger partial charge in [0.2, 0.25) is 0 Å². The first-order valence-electron chi connectivity index (χ1n) is 8.22. The topological polar surface area (TPSA) is 4.93 Å². The maximum atomic E-state index is 2.30. The molecular formula is C23H19N. The van der Waals surface area contributed by atoms with Gasteiger partial charge in [-0.3, -0.25) is 0 Å². The van der Waals surface area contributed by atoms with Gasteiger partial charge in [0.1, 0.15) is 0 Å². The minimum Gasteiger partial charge on any atom is -0.314 e. The molecule has 3 aromatic carbocycles. The molecule has 0 spiro atoms. The first-order valence-corrected chi connectivity index (χ1v) is 8.22. The third-order valence-electron chi connectivity index (χ3n) is 4.38. The summed E-state index contributed by atoms with van der Waals surface area (Å²) in [6.45, 7) is 2.15. The van der Waals surface area contributed by atoms with E-state index in [0.29, 0.717) is 0 Å². The summed E-state index contributed by atoms with van der Waals surface area (Å²) < 4.78 is 2.30. The number of hydrogen-bond acceptors (Lipinski definition) is 0. The van der Waals surface area contributed by atoms with Gasteiger partial charge in [0.25, 0.3) is 0 Å². The number of benzene rings is 3. The Morgan fingerprint density at radius 2 is 1.04 bits per heavy atom. The third kappa shape index (κ3) is 2.65. The van der Waals surface area contributed by atoms with Gasteiger partial charge in [0.05, 0.1) is 5.69 Å². The van der Waals surface area contributed by atoms with Crippen LogP contribution in [0.4, 0.5) is 0 Å². The summed E-state index contributed by atoms with van der Waals surface area (Å²) in [7, 11) is 0. The van der Waals surface area contributed by atoms with Crippen molar-refractivity contribution in [2.45, 2.75) is 6.92 Å². The molecule has 0 aliphatic carbocycles. The van der Waals surface area contributed by atoms with E-state index >= 15 is 0 Å². The van der Waals surface area contributed by atoms with Gasteiger partial charge in [-0.25, -0.2) is 0 Å². The standard InChI is InChI=1S/C23H19N/c1-18-12-17-23(24(18)22-10-6-3-7-11-22)21-15-13-20(14-16-21)19-8-4-2-5-9-19/h2-17H,1H3. The molecular weight excluding hydrogens is 290 g/mol. The second-order valence-corrected chi connectivity index (χ2v) is 5.97. The van der Waals surface area contributed by atoms with Crippen LogP contribution in [0.25, 0.3) is 28.1 Å². The zero-order valence-electron chi connectivity index (χ0n) is 13.7. The van der Waals surface area contributed by atoms with Crippen molar-refractivity contribution in [3.05, 3.63) is 103 Å². The van der Waals surface area contributed by atoms with Gasteiger partial charge in [-0.2, -0.15) is 0 Å². The number of hydrogen-bond donors (Lipinski definition) is 0. The molecule has 24 heavy (non-hydrogen) atoms. The summed E-state index contributed by atoms with van der Waals surface area (Å²) in [5, 5.41) is 0. The van der Waals surface area contributed by atoms with Crippen LogP contribution in [0.3, 0.4) is 0 Å². The van der Waals surface area contributed by atoms with Gasteiger partial charge < -0.3 is 4.57 Å². The number of aromatic nitrogens is 1. The molecule has 0 unspecified atom stereocenters. The predicted octanol–water partition coefficient (Wildman–Crippen LogP) is 6.12. The molecule has 1 heterocycles. The number of rotatable bonds is 3. The molecule has 0 amide bonds. The fourth-order valence-corrected chi connectivity index (χ4v) is 3.15. The molecule has 0 aliphatic heterocycles. The van der Waals surface area contributed by atoms with Gasteiger partial charge >= 0.3 is 0 Å². The van der Waals surface area contributed by atoms with E-state index < -0.39 is 0 Å². The molecule has 4 rings (SSSR count). The van der Waals surface area contributed by atoms with Gasteiger partial charge in [-0.1, -0.05) is 72.8 Å². The lowest BCUT2D eigenvalue weighted by Crippen LogP contribution is -1.98. The predicted molar refractivity (Wildman–Crippen MR) is 101 cm³/mol. The lowest BCUT2D eigenvalue weighted by Gasteiger charge is -2.12. The van der Waals surface area contributed by atoms with E-state index in [-0.39, 0.29) is 0 Å². The maximum Gasteiger partial charge on any atom is 0.0531 e. The summed E-state index contributed by atoms with van der Waals surface area (Å²) in [6, 6.07) is 34.2.